The summed E-state index contributed by atoms with van der Waals surface area (Å²) in [4.78, 5) is 11.3. The van der Waals surface area contributed by atoms with Gasteiger partial charge in [0.05, 0.1) is 13.0 Å². The van der Waals surface area contributed by atoms with Crippen molar-refractivity contribution in [2.45, 2.75) is 39.4 Å². The highest BCUT2D eigenvalue weighted by Crippen LogP contribution is 2.38. The van der Waals surface area contributed by atoms with E-state index in [9.17, 15) is 8.90 Å². The van der Waals surface area contributed by atoms with Gasteiger partial charge in [-0.15, -0.1) is 0 Å². The maximum atomic E-state index is 14.0. The molecule has 0 saturated carbocycles. The molecule has 0 unspecified atom stereocenters. The number of halogens is 1. The molecular formula is C10H21FO2Si. The standard InChI is InChI=1S/C10H21FO2Si/c1-7(2)9(14(5,6)11)8(3)10(12)13-4/h7-9H,1-6H3/t8-,9+/m1/s1. The van der Waals surface area contributed by atoms with E-state index in [0.717, 1.165) is 0 Å². The number of hydrogen-bond acceptors (Lipinski definition) is 2. The first-order valence-corrected chi connectivity index (χ1v) is 7.94. The number of esters is 1. The minimum atomic E-state index is -2.79. The van der Waals surface area contributed by atoms with Gasteiger partial charge in [0.2, 0.25) is 8.41 Å². The highest BCUT2D eigenvalue weighted by atomic mass is 28.4. The van der Waals surface area contributed by atoms with E-state index in [1.54, 1.807) is 20.0 Å². The fourth-order valence-corrected chi connectivity index (χ4v) is 5.21. The van der Waals surface area contributed by atoms with Gasteiger partial charge >= 0.3 is 5.97 Å². The first-order chi connectivity index (χ1) is 6.21. The Labute approximate surface area is 87.0 Å². The molecule has 0 saturated heterocycles. The first-order valence-electron chi connectivity index (χ1n) is 4.98. The normalized spacial score (nSPS) is 16.6. The van der Waals surface area contributed by atoms with Crippen LogP contribution in [-0.2, 0) is 9.53 Å². The SMILES string of the molecule is COC(=O)[C@H](C)[C@H](C(C)C)[Si](C)(C)F. The maximum absolute atomic E-state index is 14.0. The number of carbonyl (C=O) groups is 1. The third-order valence-corrected chi connectivity index (χ3v) is 5.37. The van der Waals surface area contributed by atoms with Crippen LogP contribution in [0, 0.1) is 11.8 Å². The van der Waals surface area contributed by atoms with Crippen LogP contribution < -0.4 is 0 Å². The van der Waals surface area contributed by atoms with Gasteiger partial charge in [0.25, 0.3) is 0 Å². The zero-order valence-corrected chi connectivity index (χ0v) is 10.9. The summed E-state index contributed by atoms with van der Waals surface area (Å²) < 4.78 is 18.6. The Kier molecular flexibility index (Phi) is 4.78. The molecule has 84 valence electrons. The van der Waals surface area contributed by atoms with Crippen LogP contribution in [0.5, 0.6) is 0 Å². The molecule has 0 bridgehead atoms. The van der Waals surface area contributed by atoms with Gasteiger partial charge in [-0.05, 0) is 24.6 Å². The molecular weight excluding hydrogens is 199 g/mol. The van der Waals surface area contributed by atoms with Crippen LogP contribution in [0.3, 0.4) is 0 Å². The number of carbonyl (C=O) groups excluding carboxylic acids is 1. The second-order valence-electron chi connectivity index (χ2n) is 4.65. The fraction of sp³-hybridized carbons (Fsp3) is 0.900. The van der Waals surface area contributed by atoms with Crippen LogP contribution in [0.15, 0.2) is 0 Å². The van der Waals surface area contributed by atoms with E-state index in [1.807, 2.05) is 13.8 Å². The van der Waals surface area contributed by atoms with E-state index < -0.39 is 8.41 Å². The molecule has 0 aromatic carbocycles. The highest BCUT2D eigenvalue weighted by Gasteiger charge is 2.42. The summed E-state index contributed by atoms with van der Waals surface area (Å²) in [5, 5.41) is 0. The van der Waals surface area contributed by atoms with Crippen molar-refractivity contribution in [3.05, 3.63) is 0 Å². The third kappa shape index (κ3) is 3.40. The van der Waals surface area contributed by atoms with Gasteiger partial charge in [0, 0.05) is 0 Å². The Morgan fingerprint density at radius 1 is 1.29 bits per heavy atom. The van der Waals surface area contributed by atoms with Gasteiger partial charge in [-0.25, -0.2) is 0 Å². The van der Waals surface area contributed by atoms with Gasteiger partial charge in [0.1, 0.15) is 0 Å². The summed E-state index contributed by atoms with van der Waals surface area (Å²) >= 11 is 0. The summed E-state index contributed by atoms with van der Waals surface area (Å²) in [6, 6.07) is 0. The van der Waals surface area contributed by atoms with Gasteiger partial charge in [-0.1, -0.05) is 20.8 Å². The average molecular weight is 220 g/mol. The second-order valence-corrected chi connectivity index (χ2v) is 8.44. The predicted octanol–water partition coefficient (Wildman–Crippen LogP) is 3.00. The molecule has 0 fully saturated rings. The molecule has 0 radical (unpaired) electrons. The Morgan fingerprint density at radius 3 is 1.93 bits per heavy atom. The van der Waals surface area contributed by atoms with Crippen LogP contribution in [0.25, 0.3) is 0 Å². The van der Waals surface area contributed by atoms with Crippen LogP contribution in [0.4, 0.5) is 4.11 Å². The minimum Gasteiger partial charge on any atom is -0.469 e. The summed E-state index contributed by atoms with van der Waals surface area (Å²) in [5.74, 6) is -0.468. The van der Waals surface area contributed by atoms with Gasteiger partial charge in [0.15, 0.2) is 0 Å². The monoisotopic (exact) mass is 220 g/mol. The lowest BCUT2D eigenvalue weighted by atomic mass is 9.98. The predicted molar refractivity (Wildman–Crippen MR) is 58.4 cm³/mol. The highest BCUT2D eigenvalue weighted by molar-refractivity contribution is 6.72. The molecule has 0 N–H and O–H groups in total. The fourth-order valence-electron chi connectivity index (χ4n) is 2.30. The molecule has 0 aliphatic heterocycles. The van der Waals surface area contributed by atoms with E-state index in [0.29, 0.717) is 0 Å². The minimum absolute atomic E-state index is 0.171. The third-order valence-electron chi connectivity index (χ3n) is 2.62. The van der Waals surface area contributed by atoms with E-state index in [-0.39, 0.29) is 23.3 Å². The van der Waals surface area contributed by atoms with Crippen LogP contribution in [0.1, 0.15) is 20.8 Å². The molecule has 0 rings (SSSR count). The molecule has 0 aliphatic carbocycles. The molecule has 2 atom stereocenters. The lowest BCUT2D eigenvalue weighted by molar-refractivity contribution is -0.145. The van der Waals surface area contributed by atoms with Crippen molar-refractivity contribution in [1.82, 2.24) is 0 Å². The molecule has 0 heterocycles. The Balaban J connectivity index is 4.76. The molecule has 0 aliphatic rings. The van der Waals surface area contributed by atoms with Crippen molar-refractivity contribution in [2.75, 3.05) is 7.11 Å². The number of methoxy groups -OCH3 is 1. The van der Waals surface area contributed by atoms with Crippen LogP contribution in [-0.4, -0.2) is 21.5 Å². The van der Waals surface area contributed by atoms with Gasteiger partial charge < -0.3 is 8.84 Å². The average Bonchev–Trinajstić information content (AvgIpc) is 1.99. The van der Waals surface area contributed by atoms with E-state index >= 15 is 0 Å². The summed E-state index contributed by atoms with van der Waals surface area (Å²) in [7, 11) is -1.44. The summed E-state index contributed by atoms with van der Waals surface area (Å²) in [6.07, 6.45) is 0. The molecule has 14 heavy (non-hydrogen) atoms. The van der Waals surface area contributed by atoms with Crippen molar-refractivity contribution < 1.29 is 13.6 Å². The van der Waals surface area contributed by atoms with Crippen molar-refractivity contribution in [3.63, 3.8) is 0 Å². The van der Waals surface area contributed by atoms with Crippen molar-refractivity contribution in [1.29, 1.82) is 0 Å². The Morgan fingerprint density at radius 2 is 1.71 bits per heavy atom. The zero-order chi connectivity index (χ0) is 11.5. The first kappa shape index (κ1) is 13.6. The molecule has 2 nitrogen and oxygen atoms in total. The topological polar surface area (TPSA) is 26.3 Å². The van der Waals surface area contributed by atoms with Gasteiger partial charge in [-0.3, -0.25) is 4.79 Å². The largest absolute Gasteiger partial charge is 0.469 e. The van der Waals surface area contributed by atoms with Crippen molar-refractivity contribution >= 4 is 14.4 Å². The molecule has 0 aromatic rings. The smallest absolute Gasteiger partial charge is 0.308 e. The zero-order valence-electron chi connectivity index (χ0n) is 9.93. The summed E-state index contributed by atoms with van der Waals surface area (Å²) in [6.45, 7) is 8.97. The number of ether oxygens (including phenoxy) is 1. The molecule has 0 amide bonds. The molecule has 0 spiro atoms. The van der Waals surface area contributed by atoms with Gasteiger partial charge in [-0.2, -0.15) is 0 Å². The quantitative estimate of drug-likeness (QED) is 0.413. The maximum Gasteiger partial charge on any atom is 0.308 e. The Hall–Kier alpha value is -0.383. The number of rotatable bonds is 4. The molecule has 0 aromatic heterocycles. The Bertz CT molecular complexity index is 199. The van der Waals surface area contributed by atoms with Crippen molar-refractivity contribution in [2.24, 2.45) is 11.8 Å². The summed E-state index contributed by atoms with van der Waals surface area (Å²) in [5.41, 5.74) is -0.171. The van der Waals surface area contributed by atoms with E-state index in [1.165, 1.54) is 7.11 Å². The van der Waals surface area contributed by atoms with E-state index in [4.69, 9.17) is 0 Å². The van der Waals surface area contributed by atoms with E-state index in [2.05, 4.69) is 4.74 Å². The molecule has 4 heteroatoms. The van der Waals surface area contributed by atoms with Crippen LogP contribution in [0.2, 0.25) is 18.6 Å². The lowest BCUT2D eigenvalue weighted by Gasteiger charge is -2.32. The van der Waals surface area contributed by atoms with Crippen LogP contribution >= 0.6 is 0 Å². The second kappa shape index (κ2) is 4.91. The number of hydrogen-bond donors (Lipinski definition) is 0. The van der Waals surface area contributed by atoms with Crippen molar-refractivity contribution in [3.8, 4) is 0 Å². The lowest BCUT2D eigenvalue weighted by Crippen LogP contribution is -2.38.